The van der Waals surface area contributed by atoms with Crippen molar-refractivity contribution in [2.45, 2.75) is 18.0 Å². The van der Waals surface area contributed by atoms with Gasteiger partial charge in [-0.05, 0) is 24.6 Å². The molecule has 0 radical (unpaired) electrons. The molecule has 0 atom stereocenters. The van der Waals surface area contributed by atoms with Crippen LogP contribution in [0.3, 0.4) is 0 Å². The Labute approximate surface area is 133 Å². The lowest BCUT2D eigenvalue weighted by Gasteiger charge is -2.10. The first-order valence-corrected chi connectivity index (χ1v) is 7.68. The van der Waals surface area contributed by atoms with Crippen LogP contribution in [0.1, 0.15) is 11.4 Å². The molecule has 0 saturated carbocycles. The van der Waals surface area contributed by atoms with Crippen LogP contribution in [0.4, 0.5) is 23.0 Å². The van der Waals surface area contributed by atoms with E-state index in [0.29, 0.717) is 4.68 Å². The molecule has 1 aromatic carbocycles. The largest absolute Gasteiger partial charge is 0.453 e. The van der Waals surface area contributed by atoms with E-state index in [2.05, 4.69) is 15.4 Å². The summed E-state index contributed by atoms with van der Waals surface area (Å²) in [5.41, 5.74) is -0.260. The average molecular weight is 373 g/mol. The normalized spacial score (nSPS) is 12.5. The molecule has 12 heteroatoms. The molecule has 0 aliphatic carbocycles. The lowest BCUT2D eigenvalue weighted by molar-refractivity contribution is -0.144. The molecular formula is C11H9ClF4N4O2S. The fraction of sp³-hybridized carbons (Fsp3) is 0.273. The van der Waals surface area contributed by atoms with Crippen LogP contribution in [-0.4, -0.2) is 30.2 Å². The maximum atomic E-state index is 13.3. The molecule has 0 spiro atoms. The van der Waals surface area contributed by atoms with Gasteiger partial charge in [-0.2, -0.15) is 31.3 Å². The van der Waals surface area contributed by atoms with Crippen molar-refractivity contribution in [1.29, 1.82) is 0 Å². The molecule has 6 nitrogen and oxygen atoms in total. The summed E-state index contributed by atoms with van der Waals surface area (Å²) in [6.07, 6.45) is -4.82. The van der Waals surface area contributed by atoms with Gasteiger partial charge in [0.25, 0.3) is 5.82 Å². The lowest BCUT2D eigenvalue weighted by atomic mass is 10.2. The Morgan fingerprint density at radius 1 is 1.30 bits per heavy atom. The molecule has 1 heterocycles. The van der Waals surface area contributed by atoms with Gasteiger partial charge in [-0.3, -0.25) is 0 Å². The second kappa shape index (κ2) is 5.64. The van der Waals surface area contributed by atoms with Gasteiger partial charge in [0.1, 0.15) is 4.90 Å². The number of alkyl halides is 3. The minimum Gasteiger partial charge on any atom is -0.357 e. The van der Waals surface area contributed by atoms with E-state index >= 15 is 0 Å². The quantitative estimate of drug-likeness (QED) is 0.662. The third-order valence-electron chi connectivity index (χ3n) is 2.82. The molecule has 0 aliphatic rings. The van der Waals surface area contributed by atoms with Crippen molar-refractivity contribution < 1.29 is 25.5 Å². The number of aromatic nitrogens is 3. The summed E-state index contributed by atoms with van der Waals surface area (Å²) in [5, 5.41) is 5.51. The van der Waals surface area contributed by atoms with Crippen LogP contribution in [0.5, 0.6) is 0 Å². The highest BCUT2D eigenvalue weighted by Crippen LogP contribution is 2.32. The van der Waals surface area contributed by atoms with Gasteiger partial charge in [0, 0.05) is 7.05 Å². The minimum atomic E-state index is -5.08. The Morgan fingerprint density at radius 2 is 1.91 bits per heavy atom. The van der Waals surface area contributed by atoms with Crippen LogP contribution in [0.25, 0.3) is 5.69 Å². The Bertz CT molecular complexity index is 864. The Balaban J connectivity index is 2.74. The predicted octanol–water partition coefficient (Wildman–Crippen LogP) is 2.95. The van der Waals surface area contributed by atoms with E-state index < -0.39 is 27.1 Å². The Kier molecular flexibility index (Phi) is 4.28. The molecule has 1 N–H and O–H groups in total. The number of rotatable bonds is 3. The first kappa shape index (κ1) is 17.5. The van der Waals surface area contributed by atoms with E-state index in [4.69, 9.17) is 11.6 Å². The van der Waals surface area contributed by atoms with Gasteiger partial charge in [-0.1, -0.05) is 11.6 Å². The van der Waals surface area contributed by atoms with E-state index in [1.54, 1.807) is 0 Å². The summed E-state index contributed by atoms with van der Waals surface area (Å²) in [6.45, 7) is 1.30. The molecule has 0 unspecified atom stereocenters. The average Bonchev–Trinajstić information content (AvgIpc) is 2.81. The molecule has 0 aliphatic heterocycles. The summed E-state index contributed by atoms with van der Waals surface area (Å²) >= 11 is 5.92. The highest BCUT2D eigenvalue weighted by Gasteiger charge is 2.37. The zero-order valence-electron chi connectivity index (χ0n) is 11.6. The van der Waals surface area contributed by atoms with E-state index in [1.165, 1.54) is 14.0 Å². The number of nitrogens with one attached hydrogen (secondary N) is 1. The van der Waals surface area contributed by atoms with Crippen LogP contribution in [-0.2, 0) is 16.4 Å². The van der Waals surface area contributed by atoms with Gasteiger partial charge in [0.15, 0.2) is 0 Å². The monoisotopic (exact) mass is 372 g/mol. The number of aryl methyl sites for hydroxylation is 1. The molecule has 2 aromatic rings. The maximum absolute atomic E-state index is 13.3. The van der Waals surface area contributed by atoms with E-state index in [-0.39, 0.29) is 22.2 Å². The molecule has 0 saturated heterocycles. The molecule has 2 rings (SSSR count). The molecule has 0 bridgehead atoms. The van der Waals surface area contributed by atoms with Crippen LogP contribution < -0.4 is 5.32 Å². The van der Waals surface area contributed by atoms with Crippen LogP contribution >= 0.6 is 11.6 Å². The van der Waals surface area contributed by atoms with E-state index in [9.17, 15) is 25.5 Å². The Hall–Kier alpha value is -1.88. The van der Waals surface area contributed by atoms with Crippen molar-refractivity contribution >= 4 is 27.8 Å². The third kappa shape index (κ3) is 3.39. The zero-order valence-corrected chi connectivity index (χ0v) is 13.2. The first-order valence-electron chi connectivity index (χ1n) is 5.92. The van der Waals surface area contributed by atoms with Crippen LogP contribution in [0, 0.1) is 6.92 Å². The molecule has 1 aromatic heterocycles. The standard InChI is InChI=1S/C11H9ClF4N4O2S/c1-5-3-6(12)7(4-8(5)23(16,21)22)20-10(17-2)18-9(19-20)11(13,14)15/h3-4H,1-2H3,(H,17,18,19). The van der Waals surface area contributed by atoms with Crippen LogP contribution in [0.2, 0.25) is 5.02 Å². The molecule has 126 valence electrons. The summed E-state index contributed by atoms with van der Waals surface area (Å²) in [7, 11) is -3.80. The summed E-state index contributed by atoms with van der Waals surface area (Å²) in [6, 6.07) is 1.90. The number of hydrogen-bond acceptors (Lipinski definition) is 5. The fourth-order valence-corrected chi connectivity index (χ4v) is 2.82. The minimum absolute atomic E-state index is 0.00316. The number of hydrogen-bond donors (Lipinski definition) is 1. The zero-order chi connectivity index (χ0) is 17.6. The fourth-order valence-electron chi connectivity index (χ4n) is 1.83. The van der Waals surface area contributed by atoms with Crippen molar-refractivity contribution in [2.75, 3.05) is 12.4 Å². The summed E-state index contributed by atoms with van der Waals surface area (Å²) in [5.74, 6) is -1.80. The van der Waals surface area contributed by atoms with Gasteiger partial charge in [-0.15, -0.1) is 8.98 Å². The summed E-state index contributed by atoms with van der Waals surface area (Å²) < 4.78 is 74.3. The predicted molar refractivity (Wildman–Crippen MR) is 73.9 cm³/mol. The second-order valence-corrected chi connectivity index (χ2v) is 6.15. The number of benzene rings is 1. The van der Waals surface area contributed by atoms with Crippen molar-refractivity contribution in [3.63, 3.8) is 0 Å². The van der Waals surface area contributed by atoms with Crippen molar-refractivity contribution in [3.8, 4) is 5.69 Å². The highest BCUT2D eigenvalue weighted by molar-refractivity contribution is 7.86. The van der Waals surface area contributed by atoms with E-state index in [1.807, 2.05) is 0 Å². The molecular weight excluding hydrogens is 364 g/mol. The summed E-state index contributed by atoms with van der Waals surface area (Å²) in [4.78, 5) is 2.53. The van der Waals surface area contributed by atoms with Gasteiger partial charge in [0.05, 0.1) is 10.7 Å². The lowest BCUT2D eigenvalue weighted by Crippen LogP contribution is -2.09. The van der Waals surface area contributed by atoms with Crippen LogP contribution in [0.15, 0.2) is 17.0 Å². The second-order valence-electron chi connectivity index (χ2n) is 4.43. The third-order valence-corrected chi connectivity index (χ3v) is 4.09. The highest BCUT2D eigenvalue weighted by atomic mass is 35.5. The van der Waals surface area contributed by atoms with Crippen molar-refractivity contribution in [3.05, 3.63) is 28.5 Å². The molecule has 0 fully saturated rings. The molecule has 23 heavy (non-hydrogen) atoms. The van der Waals surface area contributed by atoms with Gasteiger partial charge in [0.2, 0.25) is 5.95 Å². The van der Waals surface area contributed by atoms with Gasteiger partial charge < -0.3 is 5.32 Å². The smallest absolute Gasteiger partial charge is 0.357 e. The Morgan fingerprint density at radius 3 is 2.39 bits per heavy atom. The van der Waals surface area contributed by atoms with Gasteiger partial charge in [-0.25, -0.2) is 0 Å². The molecule has 0 amide bonds. The van der Waals surface area contributed by atoms with E-state index in [0.717, 1.165) is 12.1 Å². The number of halogens is 5. The maximum Gasteiger partial charge on any atom is 0.453 e. The topological polar surface area (TPSA) is 76.9 Å². The SMILES string of the molecule is CNc1nc(C(F)(F)F)nn1-c1cc(S(=O)(=O)F)c(C)cc1Cl. The first-order chi connectivity index (χ1) is 10.4. The van der Waals surface area contributed by atoms with Gasteiger partial charge >= 0.3 is 16.4 Å². The number of anilines is 1. The van der Waals surface area contributed by atoms with Crippen molar-refractivity contribution in [1.82, 2.24) is 14.8 Å². The van der Waals surface area contributed by atoms with Crippen molar-refractivity contribution in [2.24, 2.45) is 0 Å². The number of nitrogens with zero attached hydrogens (tertiary/aromatic N) is 3.